The molecule has 0 fully saturated rings. The number of halogens is 1. The minimum Gasteiger partial charge on any atom is -0.294 e. The van der Waals surface area contributed by atoms with Gasteiger partial charge in [-0.25, -0.2) is 14.4 Å². The molecule has 1 aromatic carbocycles. The highest BCUT2D eigenvalue weighted by Crippen LogP contribution is 2.16. The Kier molecular flexibility index (Phi) is 4.41. The van der Waals surface area contributed by atoms with Crippen LogP contribution in [-0.2, 0) is 0 Å². The standard InChI is InChI=1S/C13H11FN2OS/c14-11-3-1-10(2-4-11)12(17)6-8-18-13-5-7-15-9-16-13/h1-5,7,9H,6,8H2. The Morgan fingerprint density at radius 2 is 2.00 bits per heavy atom. The predicted molar refractivity (Wildman–Crippen MR) is 68.1 cm³/mol. The largest absolute Gasteiger partial charge is 0.294 e. The summed E-state index contributed by atoms with van der Waals surface area (Å²) in [6.07, 6.45) is 3.54. The SMILES string of the molecule is O=C(CCSc1ccncn1)c1ccc(F)cc1. The fourth-order valence-electron chi connectivity index (χ4n) is 1.39. The van der Waals surface area contributed by atoms with Gasteiger partial charge in [-0.2, -0.15) is 0 Å². The van der Waals surface area contributed by atoms with E-state index in [-0.39, 0.29) is 11.6 Å². The summed E-state index contributed by atoms with van der Waals surface area (Å²) in [4.78, 5) is 19.6. The highest BCUT2D eigenvalue weighted by atomic mass is 32.2. The molecule has 0 saturated heterocycles. The van der Waals surface area contributed by atoms with Crippen LogP contribution < -0.4 is 0 Å². The van der Waals surface area contributed by atoms with Gasteiger partial charge in [0.25, 0.3) is 0 Å². The van der Waals surface area contributed by atoms with E-state index in [1.54, 1.807) is 12.3 Å². The summed E-state index contributed by atoms with van der Waals surface area (Å²) in [5.74, 6) is 0.325. The van der Waals surface area contributed by atoms with E-state index in [0.717, 1.165) is 5.03 Å². The second kappa shape index (κ2) is 6.26. The van der Waals surface area contributed by atoms with Crippen molar-refractivity contribution in [2.45, 2.75) is 11.4 Å². The molecule has 0 aliphatic heterocycles. The summed E-state index contributed by atoms with van der Waals surface area (Å²) < 4.78 is 12.7. The second-order valence-corrected chi connectivity index (χ2v) is 4.69. The van der Waals surface area contributed by atoms with Gasteiger partial charge >= 0.3 is 0 Å². The Labute approximate surface area is 108 Å². The van der Waals surface area contributed by atoms with Gasteiger partial charge in [-0.1, -0.05) is 0 Å². The molecule has 0 amide bonds. The molecule has 1 heterocycles. The molecule has 5 heteroatoms. The van der Waals surface area contributed by atoms with Crippen molar-refractivity contribution < 1.29 is 9.18 Å². The van der Waals surface area contributed by atoms with Gasteiger partial charge in [0.1, 0.15) is 12.1 Å². The first-order chi connectivity index (χ1) is 8.75. The van der Waals surface area contributed by atoms with Crippen LogP contribution in [0.2, 0.25) is 0 Å². The molecule has 92 valence electrons. The smallest absolute Gasteiger partial charge is 0.163 e. The molecule has 0 radical (unpaired) electrons. The van der Waals surface area contributed by atoms with Gasteiger partial charge in [0.15, 0.2) is 5.78 Å². The maximum atomic E-state index is 12.7. The first kappa shape index (κ1) is 12.7. The van der Waals surface area contributed by atoms with Crippen LogP contribution in [-0.4, -0.2) is 21.5 Å². The Morgan fingerprint density at radius 1 is 1.22 bits per heavy atom. The van der Waals surface area contributed by atoms with Crippen LogP contribution >= 0.6 is 11.8 Å². The topological polar surface area (TPSA) is 42.9 Å². The van der Waals surface area contributed by atoms with Gasteiger partial charge in [0.05, 0.1) is 5.03 Å². The lowest BCUT2D eigenvalue weighted by atomic mass is 10.1. The number of ketones is 1. The highest BCUT2D eigenvalue weighted by molar-refractivity contribution is 7.99. The van der Waals surface area contributed by atoms with E-state index in [4.69, 9.17) is 0 Å². The molecule has 1 aromatic heterocycles. The van der Waals surface area contributed by atoms with Gasteiger partial charge in [-0.15, -0.1) is 11.8 Å². The van der Waals surface area contributed by atoms with Gasteiger partial charge in [-0.3, -0.25) is 4.79 Å². The van der Waals surface area contributed by atoms with Crippen LogP contribution in [0.1, 0.15) is 16.8 Å². The Balaban J connectivity index is 1.84. The molecule has 0 saturated carbocycles. The van der Waals surface area contributed by atoms with E-state index in [2.05, 4.69) is 9.97 Å². The number of nitrogens with zero attached hydrogens (tertiary/aromatic N) is 2. The molecule has 0 N–H and O–H groups in total. The van der Waals surface area contributed by atoms with Crippen molar-refractivity contribution in [3.05, 3.63) is 54.2 Å². The third kappa shape index (κ3) is 3.63. The summed E-state index contributed by atoms with van der Waals surface area (Å²) in [5, 5.41) is 0.844. The minimum absolute atomic E-state index is 0.0107. The Hall–Kier alpha value is -1.75. The van der Waals surface area contributed by atoms with Crippen LogP contribution in [0, 0.1) is 5.82 Å². The van der Waals surface area contributed by atoms with Crippen LogP contribution in [0.4, 0.5) is 4.39 Å². The highest BCUT2D eigenvalue weighted by Gasteiger charge is 2.06. The number of Topliss-reactive ketones (excluding diaryl/α,β-unsaturated/α-hetero) is 1. The average Bonchev–Trinajstić information content (AvgIpc) is 2.40. The zero-order valence-corrected chi connectivity index (χ0v) is 10.4. The van der Waals surface area contributed by atoms with Crippen molar-refractivity contribution in [3.8, 4) is 0 Å². The average molecular weight is 262 g/mol. The van der Waals surface area contributed by atoms with E-state index in [9.17, 15) is 9.18 Å². The number of carbonyl (C=O) groups excluding carboxylic acids is 1. The lowest BCUT2D eigenvalue weighted by Crippen LogP contribution is -2.00. The fraction of sp³-hybridized carbons (Fsp3) is 0.154. The number of hydrogen-bond donors (Lipinski definition) is 0. The third-order valence-corrected chi connectivity index (χ3v) is 3.25. The van der Waals surface area contributed by atoms with E-state index in [1.807, 2.05) is 0 Å². The van der Waals surface area contributed by atoms with Crippen molar-refractivity contribution in [1.29, 1.82) is 0 Å². The molecule has 0 unspecified atom stereocenters. The van der Waals surface area contributed by atoms with Crippen LogP contribution in [0.15, 0.2) is 47.9 Å². The van der Waals surface area contributed by atoms with Crippen LogP contribution in [0.3, 0.4) is 0 Å². The predicted octanol–water partition coefficient (Wildman–Crippen LogP) is 2.98. The van der Waals surface area contributed by atoms with Crippen molar-refractivity contribution in [2.75, 3.05) is 5.75 Å². The molecule has 2 aromatic rings. The lowest BCUT2D eigenvalue weighted by molar-refractivity contribution is 0.0989. The van der Waals surface area contributed by atoms with Crippen molar-refractivity contribution in [1.82, 2.24) is 9.97 Å². The number of benzene rings is 1. The first-order valence-electron chi connectivity index (χ1n) is 5.43. The normalized spacial score (nSPS) is 10.3. The van der Waals surface area contributed by atoms with E-state index in [0.29, 0.717) is 17.7 Å². The maximum Gasteiger partial charge on any atom is 0.163 e. The minimum atomic E-state index is -0.332. The van der Waals surface area contributed by atoms with E-state index in [1.165, 1.54) is 42.4 Å². The van der Waals surface area contributed by atoms with Crippen molar-refractivity contribution >= 4 is 17.5 Å². The summed E-state index contributed by atoms with van der Waals surface area (Å²) in [5.41, 5.74) is 0.541. The molecular weight excluding hydrogens is 251 g/mol. The van der Waals surface area contributed by atoms with E-state index >= 15 is 0 Å². The molecule has 2 rings (SSSR count). The quantitative estimate of drug-likeness (QED) is 0.472. The molecular formula is C13H11FN2OS. The van der Waals surface area contributed by atoms with Gasteiger partial charge in [0.2, 0.25) is 0 Å². The lowest BCUT2D eigenvalue weighted by Gasteiger charge is -2.01. The van der Waals surface area contributed by atoms with Crippen LogP contribution in [0.25, 0.3) is 0 Å². The van der Waals surface area contributed by atoms with Gasteiger partial charge in [0, 0.05) is 23.9 Å². The third-order valence-electron chi connectivity index (χ3n) is 2.30. The second-order valence-electron chi connectivity index (χ2n) is 3.58. The van der Waals surface area contributed by atoms with Crippen molar-refractivity contribution in [2.24, 2.45) is 0 Å². The number of rotatable bonds is 5. The van der Waals surface area contributed by atoms with Crippen molar-refractivity contribution in [3.63, 3.8) is 0 Å². The Morgan fingerprint density at radius 3 is 2.67 bits per heavy atom. The fourth-order valence-corrected chi connectivity index (χ4v) is 2.17. The molecule has 0 bridgehead atoms. The van der Waals surface area contributed by atoms with Crippen LogP contribution in [0.5, 0.6) is 0 Å². The molecule has 0 atom stereocenters. The summed E-state index contributed by atoms with van der Waals surface area (Å²) in [6, 6.07) is 7.41. The molecule has 0 spiro atoms. The number of thioether (sulfide) groups is 1. The molecule has 3 nitrogen and oxygen atoms in total. The number of hydrogen-bond acceptors (Lipinski definition) is 4. The summed E-state index contributed by atoms with van der Waals surface area (Å²) in [6.45, 7) is 0. The maximum absolute atomic E-state index is 12.7. The molecule has 0 aliphatic carbocycles. The zero-order valence-electron chi connectivity index (χ0n) is 9.54. The number of carbonyl (C=O) groups is 1. The number of aromatic nitrogens is 2. The van der Waals surface area contributed by atoms with E-state index < -0.39 is 0 Å². The van der Waals surface area contributed by atoms with Gasteiger partial charge in [-0.05, 0) is 30.3 Å². The monoisotopic (exact) mass is 262 g/mol. The molecule has 18 heavy (non-hydrogen) atoms. The zero-order chi connectivity index (χ0) is 12.8. The molecule has 0 aliphatic rings. The Bertz CT molecular complexity index is 516. The van der Waals surface area contributed by atoms with Gasteiger partial charge < -0.3 is 0 Å². The summed E-state index contributed by atoms with van der Waals surface area (Å²) in [7, 11) is 0. The first-order valence-corrected chi connectivity index (χ1v) is 6.42. The summed E-state index contributed by atoms with van der Waals surface area (Å²) >= 11 is 1.50.